The number of methoxy groups -OCH3 is 2. The molecule has 5 rings (SSSR count). The molecule has 3 aromatic carbocycles. The summed E-state index contributed by atoms with van der Waals surface area (Å²) in [6.07, 6.45) is 0.836. The van der Waals surface area contributed by atoms with Gasteiger partial charge in [0, 0.05) is 33.9 Å². The first-order valence-electron chi connectivity index (χ1n) is 12.2. The summed E-state index contributed by atoms with van der Waals surface area (Å²) in [5.41, 5.74) is 4.15. The van der Waals surface area contributed by atoms with Crippen LogP contribution in [0.5, 0.6) is 11.5 Å². The number of fused-ring (bicyclic) bond motifs is 1. The van der Waals surface area contributed by atoms with E-state index in [1.807, 2.05) is 62.4 Å². The van der Waals surface area contributed by atoms with Gasteiger partial charge in [-0.3, -0.25) is 14.5 Å². The second kappa shape index (κ2) is 9.91. The number of rotatable bonds is 6. The summed E-state index contributed by atoms with van der Waals surface area (Å²) in [6.45, 7) is 3.94. The number of anilines is 1. The van der Waals surface area contributed by atoms with Gasteiger partial charge in [0.05, 0.1) is 36.4 Å². The number of para-hydroxylation sites is 1. The fourth-order valence-electron chi connectivity index (χ4n) is 5.11. The van der Waals surface area contributed by atoms with Gasteiger partial charge in [0.15, 0.2) is 0 Å². The normalized spacial score (nSPS) is 16.9. The molecule has 0 spiro atoms. The molecule has 194 valence electrons. The van der Waals surface area contributed by atoms with E-state index in [-0.39, 0.29) is 27.7 Å². The fourth-order valence-corrected chi connectivity index (χ4v) is 5.34. The van der Waals surface area contributed by atoms with E-state index in [4.69, 9.17) is 21.1 Å². The van der Waals surface area contributed by atoms with Crippen molar-refractivity contribution in [3.63, 3.8) is 0 Å². The molecule has 0 saturated carbocycles. The van der Waals surface area contributed by atoms with Crippen molar-refractivity contribution >= 4 is 45.6 Å². The number of carbonyl (C=O) groups is 2. The van der Waals surface area contributed by atoms with Crippen LogP contribution in [0, 0.1) is 6.92 Å². The van der Waals surface area contributed by atoms with Crippen LogP contribution in [0.2, 0.25) is 5.02 Å². The third-order valence-electron chi connectivity index (χ3n) is 7.01. The third-order valence-corrected chi connectivity index (χ3v) is 7.31. The van der Waals surface area contributed by atoms with E-state index in [0.717, 1.165) is 34.1 Å². The summed E-state index contributed by atoms with van der Waals surface area (Å²) in [5.74, 6) is -1.38. The number of hydrogen-bond donors (Lipinski definition) is 2. The summed E-state index contributed by atoms with van der Waals surface area (Å²) >= 11 is 6.28. The Bertz CT molecular complexity index is 1600. The first-order chi connectivity index (χ1) is 18.3. The van der Waals surface area contributed by atoms with Crippen molar-refractivity contribution < 1.29 is 24.2 Å². The summed E-state index contributed by atoms with van der Waals surface area (Å²) in [6, 6.07) is 17.3. The third kappa shape index (κ3) is 4.00. The van der Waals surface area contributed by atoms with Crippen LogP contribution in [0.25, 0.3) is 16.7 Å². The summed E-state index contributed by atoms with van der Waals surface area (Å²) in [7, 11) is 2.88. The van der Waals surface area contributed by atoms with E-state index in [0.29, 0.717) is 11.4 Å². The number of aromatic nitrogens is 1. The second-order valence-corrected chi connectivity index (χ2v) is 9.49. The minimum absolute atomic E-state index is 0.0508. The number of hydrogen-bond acceptors (Lipinski definition) is 5. The zero-order valence-electron chi connectivity index (χ0n) is 21.5. The molecule has 0 aliphatic carbocycles. The van der Waals surface area contributed by atoms with E-state index in [1.54, 1.807) is 0 Å². The van der Waals surface area contributed by atoms with Crippen LogP contribution in [0.15, 0.2) is 66.2 Å². The quantitative estimate of drug-likeness (QED) is 0.172. The van der Waals surface area contributed by atoms with Crippen LogP contribution >= 0.6 is 11.6 Å². The van der Waals surface area contributed by atoms with E-state index < -0.39 is 17.7 Å². The number of amides is 1. The predicted octanol–water partition coefficient (Wildman–Crippen LogP) is 6.34. The number of ether oxygens (including phenoxy) is 2. The van der Waals surface area contributed by atoms with Gasteiger partial charge < -0.3 is 19.6 Å². The number of Topliss-reactive ketones (excluding diaryl/α,β-unsaturated/α-hetero) is 1. The predicted molar refractivity (Wildman–Crippen MR) is 148 cm³/mol. The van der Waals surface area contributed by atoms with E-state index in [1.165, 1.54) is 31.3 Å². The van der Waals surface area contributed by atoms with Gasteiger partial charge in [0.25, 0.3) is 11.7 Å². The van der Waals surface area contributed by atoms with Gasteiger partial charge >= 0.3 is 0 Å². The highest BCUT2D eigenvalue weighted by molar-refractivity contribution is 6.52. The van der Waals surface area contributed by atoms with Crippen LogP contribution in [0.4, 0.5) is 5.69 Å². The number of aliphatic hydroxyl groups excluding tert-OH is 1. The number of halogens is 1. The standard InChI is InChI=1S/C30H27ClN2O5/c1-5-17-10-12-18(13-11-17)33-27(25-16(2)32-22-9-7-6-8-19(22)25)26(29(35)30(33)36)28(34)20-14-24(38-4)21(31)15-23(20)37-3/h6-15,27,32,34H,5H2,1-4H3/b28-26+. The van der Waals surface area contributed by atoms with Gasteiger partial charge in [0.2, 0.25) is 0 Å². The molecule has 1 fully saturated rings. The maximum atomic E-state index is 13.7. The molecule has 1 atom stereocenters. The molecule has 8 heteroatoms. The summed E-state index contributed by atoms with van der Waals surface area (Å²) < 4.78 is 10.8. The highest BCUT2D eigenvalue weighted by atomic mass is 35.5. The van der Waals surface area contributed by atoms with Crippen molar-refractivity contribution in [1.82, 2.24) is 4.98 Å². The minimum Gasteiger partial charge on any atom is -0.507 e. The Morgan fingerprint density at radius 3 is 2.37 bits per heavy atom. The first kappa shape index (κ1) is 25.4. The molecule has 7 nitrogen and oxygen atoms in total. The monoisotopic (exact) mass is 530 g/mol. The molecular formula is C30H27ClN2O5. The van der Waals surface area contributed by atoms with Crippen molar-refractivity contribution in [2.45, 2.75) is 26.3 Å². The first-order valence-corrected chi connectivity index (χ1v) is 12.6. The summed E-state index contributed by atoms with van der Waals surface area (Å²) in [5, 5.41) is 12.8. The largest absolute Gasteiger partial charge is 0.507 e. The smallest absolute Gasteiger partial charge is 0.300 e. The molecule has 0 bridgehead atoms. The van der Waals surface area contributed by atoms with E-state index in [9.17, 15) is 14.7 Å². The Morgan fingerprint density at radius 1 is 1.03 bits per heavy atom. The van der Waals surface area contributed by atoms with Gasteiger partial charge in [-0.1, -0.05) is 48.9 Å². The van der Waals surface area contributed by atoms with Gasteiger partial charge in [-0.25, -0.2) is 0 Å². The second-order valence-electron chi connectivity index (χ2n) is 9.09. The average Bonchev–Trinajstić information content (AvgIpc) is 3.39. The lowest BCUT2D eigenvalue weighted by atomic mass is 9.92. The Labute approximate surface area is 225 Å². The summed E-state index contributed by atoms with van der Waals surface area (Å²) in [4.78, 5) is 32.1. The molecular weight excluding hydrogens is 504 g/mol. The molecule has 0 radical (unpaired) electrons. The van der Waals surface area contributed by atoms with Crippen molar-refractivity contribution in [3.8, 4) is 11.5 Å². The number of aromatic amines is 1. The van der Waals surface area contributed by atoms with Crippen LogP contribution < -0.4 is 14.4 Å². The van der Waals surface area contributed by atoms with Crippen LogP contribution in [0.1, 0.15) is 35.3 Å². The van der Waals surface area contributed by atoms with Gasteiger partial charge in [-0.2, -0.15) is 0 Å². The highest BCUT2D eigenvalue weighted by Crippen LogP contribution is 2.47. The lowest BCUT2D eigenvalue weighted by molar-refractivity contribution is -0.132. The zero-order valence-corrected chi connectivity index (χ0v) is 22.2. The zero-order chi connectivity index (χ0) is 27.1. The number of carbonyl (C=O) groups excluding carboxylic acids is 2. The molecule has 4 aromatic rings. The average molecular weight is 531 g/mol. The van der Waals surface area contributed by atoms with Crippen LogP contribution in [0.3, 0.4) is 0 Å². The van der Waals surface area contributed by atoms with Crippen molar-refractivity contribution in [1.29, 1.82) is 0 Å². The molecule has 1 aromatic heterocycles. The molecule has 2 heterocycles. The molecule has 2 N–H and O–H groups in total. The number of aryl methyl sites for hydroxylation is 2. The Morgan fingerprint density at radius 2 is 1.71 bits per heavy atom. The molecule has 1 unspecified atom stereocenters. The number of aliphatic hydroxyl groups is 1. The molecule has 1 aliphatic heterocycles. The minimum atomic E-state index is -0.898. The topological polar surface area (TPSA) is 91.9 Å². The van der Waals surface area contributed by atoms with Crippen molar-refractivity contribution in [2.24, 2.45) is 0 Å². The van der Waals surface area contributed by atoms with E-state index >= 15 is 0 Å². The number of H-pyrrole nitrogens is 1. The van der Waals surface area contributed by atoms with E-state index in [2.05, 4.69) is 4.98 Å². The SMILES string of the molecule is CCc1ccc(N2C(=O)C(=O)/C(=C(/O)c3cc(OC)c(Cl)cc3OC)C2c2c(C)[nH]c3ccccc23)cc1. The molecule has 1 aliphatic rings. The van der Waals surface area contributed by atoms with Gasteiger partial charge in [-0.05, 0) is 43.2 Å². The van der Waals surface area contributed by atoms with Crippen LogP contribution in [-0.2, 0) is 16.0 Å². The fraction of sp³-hybridized carbons (Fsp3) is 0.200. The number of benzene rings is 3. The molecule has 1 amide bonds. The maximum absolute atomic E-state index is 13.7. The highest BCUT2D eigenvalue weighted by Gasteiger charge is 2.48. The molecule has 38 heavy (non-hydrogen) atoms. The van der Waals surface area contributed by atoms with Crippen molar-refractivity contribution in [2.75, 3.05) is 19.1 Å². The Hall–Kier alpha value is -4.23. The molecule has 1 saturated heterocycles. The number of nitrogens with one attached hydrogen (secondary N) is 1. The number of ketones is 1. The lowest BCUT2D eigenvalue weighted by Crippen LogP contribution is -2.29. The van der Waals surface area contributed by atoms with Crippen LogP contribution in [-0.4, -0.2) is 36.0 Å². The van der Waals surface area contributed by atoms with Gasteiger partial charge in [0.1, 0.15) is 17.3 Å². The number of nitrogens with zero attached hydrogens (tertiary/aromatic N) is 1. The van der Waals surface area contributed by atoms with Gasteiger partial charge in [-0.15, -0.1) is 0 Å². The Kier molecular flexibility index (Phi) is 6.63. The van der Waals surface area contributed by atoms with Crippen molar-refractivity contribution in [3.05, 3.63) is 93.6 Å². The maximum Gasteiger partial charge on any atom is 0.300 e. The Balaban J connectivity index is 1.82. The lowest BCUT2D eigenvalue weighted by Gasteiger charge is -2.26.